The van der Waals surface area contributed by atoms with E-state index in [0.29, 0.717) is 43.2 Å². The fraction of sp³-hybridized carbons (Fsp3) is 0.529. The van der Waals surface area contributed by atoms with Crippen LogP contribution < -0.4 is 15.4 Å². The first kappa shape index (κ1) is 16.2. The minimum absolute atomic E-state index is 0.0361. The van der Waals surface area contributed by atoms with E-state index in [1.807, 2.05) is 20.8 Å². The molecule has 1 aromatic rings. The lowest BCUT2D eigenvalue weighted by Crippen LogP contribution is -2.59. The molecule has 0 saturated carbocycles. The predicted molar refractivity (Wildman–Crippen MR) is 90.0 cm³/mol. The van der Waals surface area contributed by atoms with Gasteiger partial charge in [-0.3, -0.25) is 0 Å². The Morgan fingerprint density at radius 3 is 2.83 bits per heavy atom. The monoisotopic (exact) mass is 330 g/mol. The number of carbonyl (C=O) groups is 1. The first-order chi connectivity index (χ1) is 11.3. The molecule has 0 radical (unpaired) electrons. The summed E-state index contributed by atoms with van der Waals surface area (Å²) in [6, 6.07) is 5.60. The number of hydrogen-bond acceptors (Lipinski definition) is 6. The molecule has 1 amide bonds. The minimum Gasteiger partial charge on any atom is -0.489 e. The molecule has 3 rings (SSSR count). The number of amides is 1. The van der Waals surface area contributed by atoms with Gasteiger partial charge >= 0.3 is 6.09 Å². The molecule has 0 unspecified atom stereocenters. The normalized spacial score (nSPS) is 19.7. The van der Waals surface area contributed by atoms with E-state index in [0.717, 1.165) is 5.69 Å². The van der Waals surface area contributed by atoms with E-state index < -0.39 is 5.60 Å². The predicted octanol–water partition coefficient (Wildman–Crippen LogP) is 1.96. The smallest absolute Gasteiger partial charge is 0.410 e. The van der Waals surface area contributed by atoms with Crippen LogP contribution in [-0.4, -0.2) is 48.9 Å². The number of rotatable bonds is 0. The number of hydrogen-bond donors (Lipinski definition) is 1. The van der Waals surface area contributed by atoms with Gasteiger partial charge in [0.1, 0.15) is 24.0 Å². The fourth-order valence-corrected chi connectivity index (χ4v) is 3.01. The molecule has 0 spiro atoms. The van der Waals surface area contributed by atoms with Gasteiger partial charge < -0.3 is 25.0 Å². The summed E-state index contributed by atoms with van der Waals surface area (Å²) in [4.78, 5) is 16.2. The maximum atomic E-state index is 12.3. The van der Waals surface area contributed by atoms with Crippen LogP contribution in [0.1, 0.15) is 26.3 Å². The van der Waals surface area contributed by atoms with Crippen molar-refractivity contribution in [1.29, 1.82) is 5.26 Å². The highest BCUT2D eigenvalue weighted by molar-refractivity contribution is 5.73. The molecule has 1 fully saturated rings. The van der Waals surface area contributed by atoms with Gasteiger partial charge in [-0.15, -0.1) is 0 Å². The molecule has 0 aromatic heterocycles. The summed E-state index contributed by atoms with van der Waals surface area (Å²) in [5.41, 5.74) is 7.06. The van der Waals surface area contributed by atoms with E-state index in [9.17, 15) is 10.1 Å². The number of nitriles is 1. The van der Waals surface area contributed by atoms with Crippen LogP contribution in [0.3, 0.4) is 0 Å². The second kappa shape index (κ2) is 5.78. The molecule has 1 saturated heterocycles. The Labute approximate surface area is 141 Å². The number of nitrogens with two attached hydrogens (primary N) is 1. The van der Waals surface area contributed by atoms with Crippen molar-refractivity contribution < 1.29 is 14.3 Å². The summed E-state index contributed by atoms with van der Waals surface area (Å²) in [6.45, 7) is 7.79. The molecular weight excluding hydrogens is 308 g/mol. The van der Waals surface area contributed by atoms with Gasteiger partial charge in [-0.2, -0.15) is 5.26 Å². The number of anilines is 2. The van der Waals surface area contributed by atoms with Gasteiger partial charge in [0, 0.05) is 25.7 Å². The Balaban J connectivity index is 1.78. The van der Waals surface area contributed by atoms with E-state index in [1.165, 1.54) is 0 Å². The van der Waals surface area contributed by atoms with E-state index in [1.54, 1.807) is 17.0 Å². The Hall–Kier alpha value is -2.62. The molecule has 1 aromatic carbocycles. The zero-order valence-electron chi connectivity index (χ0n) is 14.2. The number of fused-ring (bicyclic) bond motifs is 3. The van der Waals surface area contributed by atoms with Gasteiger partial charge in [0.25, 0.3) is 0 Å². The third kappa shape index (κ3) is 3.04. The zero-order valence-corrected chi connectivity index (χ0v) is 14.2. The van der Waals surface area contributed by atoms with Crippen LogP contribution in [0.4, 0.5) is 16.2 Å². The first-order valence-corrected chi connectivity index (χ1v) is 7.99. The van der Waals surface area contributed by atoms with E-state index in [4.69, 9.17) is 15.2 Å². The first-order valence-electron chi connectivity index (χ1n) is 7.99. The quantitative estimate of drug-likeness (QED) is 0.731. The van der Waals surface area contributed by atoms with Crippen LogP contribution in [0.5, 0.6) is 5.75 Å². The number of carbonyl (C=O) groups excluding carboxylic acids is 1. The Kier molecular flexibility index (Phi) is 3.91. The van der Waals surface area contributed by atoms with Crippen molar-refractivity contribution in [3.8, 4) is 11.8 Å². The molecule has 0 bridgehead atoms. The highest BCUT2D eigenvalue weighted by Gasteiger charge is 2.36. The van der Waals surface area contributed by atoms with Crippen molar-refractivity contribution in [2.75, 3.05) is 36.9 Å². The number of benzene rings is 1. The highest BCUT2D eigenvalue weighted by Crippen LogP contribution is 2.38. The molecule has 2 N–H and O–H groups in total. The van der Waals surface area contributed by atoms with Crippen molar-refractivity contribution in [3.05, 3.63) is 17.7 Å². The molecule has 7 nitrogen and oxygen atoms in total. The van der Waals surface area contributed by atoms with Crippen molar-refractivity contribution >= 4 is 17.5 Å². The van der Waals surface area contributed by atoms with Crippen molar-refractivity contribution in [1.82, 2.24) is 4.90 Å². The molecule has 24 heavy (non-hydrogen) atoms. The fourth-order valence-electron chi connectivity index (χ4n) is 3.01. The van der Waals surface area contributed by atoms with Crippen LogP contribution in [0, 0.1) is 11.3 Å². The van der Waals surface area contributed by atoms with Crippen LogP contribution >= 0.6 is 0 Å². The topological polar surface area (TPSA) is 91.8 Å². The lowest BCUT2D eigenvalue weighted by atomic mass is 10.1. The van der Waals surface area contributed by atoms with Crippen LogP contribution in [0.25, 0.3) is 0 Å². The maximum Gasteiger partial charge on any atom is 0.410 e. The van der Waals surface area contributed by atoms with E-state index in [-0.39, 0.29) is 12.1 Å². The second-order valence-electron chi connectivity index (χ2n) is 7.10. The molecule has 128 valence electrons. The molecule has 2 heterocycles. The van der Waals surface area contributed by atoms with Gasteiger partial charge in [-0.05, 0) is 26.8 Å². The third-order valence-corrected chi connectivity index (χ3v) is 4.13. The molecular formula is C17H22N4O3. The third-order valence-electron chi connectivity index (χ3n) is 4.13. The van der Waals surface area contributed by atoms with Crippen molar-refractivity contribution in [2.24, 2.45) is 0 Å². The molecule has 1 atom stereocenters. The van der Waals surface area contributed by atoms with Gasteiger partial charge in [-0.1, -0.05) is 0 Å². The number of nitrogen functional groups attached to an aromatic ring is 1. The average molecular weight is 330 g/mol. The summed E-state index contributed by atoms with van der Waals surface area (Å²) in [7, 11) is 0. The summed E-state index contributed by atoms with van der Waals surface area (Å²) in [6.07, 6.45) is -0.303. The summed E-state index contributed by atoms with van der Waals surface area (Å²) in [5.74, 6) is 0.688. The van der Waals surface area contributed by atoms with Crippen molar-refractivity contribution in [3.63, 3.8) is 0 Å². The van der Waals surface area contributed by atoms with Crippen molar-refractivity contribution in [2.45, 2.75) is 32.4 Å². The van der Waals surface area contributed by atoms with Gasteiger partial charge in [-0.25, -0.2) is 4.79 Å². The largest absolute Gasteiger partial charge is 0.489 e. The Bertz CT molecular complexity index is 705. The number of piperazine rings is 1. The zero-order chi connectivity index (χ0) is 17.5. The molecule has 0 aliphatic carbocycles. The molecule has 7 heteroatoms. The van der Waals surface area contributed by atoms with Gasteiger partial charge in [0.05, 0.1) is 23.0 Å². The SMILES string of the molecule is CC(C)(C)OC(=O)N1CCN2c3cc(C#N)c(N)cc3OC[C@@H]2C1. The van der Waals surface area contributed by atoms with Crippen LogP contribution in [0.2, 0.25) is 0 Å². The molecule has 2 aliphatic rings. The van der Waals surface area contributed by atoms with Crippen LogP contribution in [-0.2, 0) is 4.74 Å². The highest BCUT2D eigenvalue weighted by atomic mass is 16.6. The average Bonchev–Trinajstić information content (AvgIpc) is 2.51. The van der Waals surface area contributed by atoms with E-state index >= 15 is 0 Å². The maximum absolute atomic E-state index is 12.3. The standard InChI is InChI=1S/C17H22N4O3/c1-17(2,3)24-16(22)20-4-5-21-12(9-20)10-23-15-7-13(19)11(8-18)6-14(15)21/h6-7,12H,4-5,9-10,19H2,1-3H3/t12-/m0/s1. The summed E-state index contributed by atoms with van der Waals surface area (Å²) in [5, 5.41) is 9.18. The lowest BCUT2D eigenvalue weighted by molar-refractivity contribution is 0.0195. The number of ether oxygens (including phenoxy) is 2. The van der Waals surface area contributed by atoms with Crippen LogP contribution in [0.15, 0.2) is 12.1 Å². The van der Waals surface area contributed by atoms with E-state index in [2.05, 4.69) is 11.0 Å². The molecule has 2 aliphatic heterocycles. The minimum atomic E-state index is -0.511. The number of nitrogens with zero attached hydrogens (tertiary/aromatic N) is 3. The second-order valence-corrected chi connectivity index (χ2v) is 7.10. The summed E-state index contributed by atoms with van der Waals surface area (Å²) < 4.78 is 11.2. The Morgan fingerprint density at radius 1 is 1.42 bits per heavy atom. The van der Waals surface area contributed by atoms with Gasteiger partial charge in [0.2, 0.25) is 0 Å². The Morgan fingerprint density at radius 2 is 2.17 bits per heavy atom. The lowest BCUT2D eigenvalue weighted by Gasteiger charge is -2.45. The van der Waals surface area contributed by atoms with Gasteiger partial charge in [0.15, 0.2) is 0 Å². The summed E-state index contributed by atoms with van der Waals surface area (Å²) >= 11 is 0.